The van der Waals surface area contributed by atoms with Crippen LogP contribution in [0.2, 0.25) is 0 Å². The van der Waals surface area contributed by atoms with Crippen LogP contribution in [0.4, 0.5) is 4.39 Å². The van der Waals surface area contributed by atoms with Crippen molar-refractivity contribution in [1.29, 1.82) is 0 Å². The molecule has 20 heavy (non-hydrogen) atoms. The van der Waals surface area contributed by atoms with Crippen LogP contribution in [-0.2, 0) is 16.4 Å². The maximum Gasteiger partial charge on any atom is 0.165 e. The van der Waals surface area contributed by atoms with Crippen LogP contribution in [0.1, 0.15) is 31.2 Å². The number of hydrogen-bond donors (Lipinski definition) is 1. The molecule has 0 radical (unpaired) electrons. The largest absolute Gasteiger partial charge is 0.487 e. The molecule has 4 nitrogen and oxygen atoms in total. The number of nitrogens with two attached hydrogens (primary N) is 1. The van der Waals surface area contributed by atoms with Crippen LogP contribution in [0.15, 0.2) is 18.2 Å². The number of sulfone groups is 1. The minimum Gasteiger partial charge on any atom is -0.487 e. The van der Waals surface area contributed by atoms with Crippen LogP contribution in [-0.4, -0.2) is 26.0 Å². The summed E-state index contributed by atoms with van der Waals surface area (Å²) in [7, 11) is -3.06. The Morgan fingerprint density at radius 3 is 2.75 bits per heavy atom. The van der Waals surface area contributed by atoms with Crippen molar-refractivity contribution in [2.24, 2.45) is 5.73 Å². The van der Waals surface area contributed by atoms with Gasteiger partial charge in [0.2, 0.25) is 0 Å². The van der Waals surface area contributed by atoms with E-state index in [-0.39, 0.29) is 23.6 Å². The lowest BCUT2D eigenvalue weighted by molar-refractivity contribution is 0.150. The van der Waals surface area contributed by atoms with E-state index in [1.54, 1.807) is 12.1 Å². The van der Waals surface area contributed by atoms with Gasteiger partial charge >= 0.3 is 0 Å². The van der Waals surface area contributed by atoms with E-state index in [0.717, 1.165) is 12.8 Å². The maximum atomic E-state index is 13.8. The highest BCUT2D eigenvalue weighted by molar-refractivity contribution is 7.91. The molecule has 2 N–H and O–H groups in total. The van der Waals surface area contributed by atoms with Gasteiger partial charge in [-0.05, 0) is 37.0 Å². The molecule has 1 saturated carbocycles. The van der Waals surface area contributed by atoms with Crippen molar-refractivity contribution in [2.75, 3.05) is 6.26 Å². The van der Waals surface area contributed by atoms with Gasteiger partial charge in [0, 0.05) is 19.2 Å². The zero-order chi connectivity index (χ0) is 14.8. The first-order valence-electron chi connectivity index (χ1n) is 6.74. The Kier molecular flexibility index (Phi) is 4.65. The second kappa shape index (κ2) is 6.10. The molecule has 0 spiro atoms. The van der Waals surface area contributed by atoms with Gasteiger partial charge in [0.1, 0.15) is 15.9 Å². The quantitative estimate of drug-likeness (QED) is 0.923. The number of ether oxygens (including phenoxy) is 1. The van der Waals surface area contributed by atoms with Crippen molar-refractivity contribution < 1.29 is 17.5 Å². The van der Waals surface area contributed by atoms with Crippen molar-refractivity contribution in [3.63, 3.8) is 0 Å². The molecule has 0 saturated heterocycles. The minimum atomic E-state index is -3.06. The Morgan fingerprint density at radius 1 is 1.40 bits per heavy atom. The van der Waals surface area contributed by atoms with E-state index in [9.17, 15) is 12.8 Å². The fourth-order valence-corrected chi connectivity index (χ4v) is 3.70. The monoisotopic (exact) mass is 301 g/mol. The number of hydrogen-bond acceptors (Lipinski definition) is 4. The van der Waals surface area contributed by atoms with E-state index < -0.39 is 15.7 Å². The van der Waals surface area contributed by atoms with Crippen LogP contribution in [0.5, 0.6) is 5.75 Å². The second-order valence-electron chi connectivity index (χ2n) is 5.33. The van der Waals surface area contributed by atoms with Gasteiger partial charge in [0.05, 0.1) is 5.25 Å². The summed E-state index contributed by atoms with van der Waals surface area (Å²) in [5.74, 6) is -0.282. The van der Waals surface area contributed by atoms with Gasteiger partial charge in [-0.2, -0.15) is 0 Å². The van der Waals surface area contributed by atoms with Gasteiger partial charge in [0.25, 0.3) is 0 Å². The van der Waals surface area contributed by atoms with Gasteiger partial charge in [-0.3, -0.25) is 0 Å². The molecule has 0 amide bonds. The first-order valence-corrected chi connectivity index (χ1v) is 8.69. The van der Waals surface area contributed by atoms with E-state index >= 15 is 0 Å². The lowest BCUT2D eigenvalue weighted by atomic mass is 9.97. The van der Waals surface area contributed by atoms with Gasteiger partial charge in [-0.25, -0.2) is 12.8 Å². The van der Waals surface area contributed by atoms with Gasteiger partial charge in [-0.1, -0.05) is 6.07 Å². The predicted molar refractivity (Wildman–Crippen MR) is 75.8 cm³/mol. The summed E-state index contributed by atoms with van der Waals surface area (Å²) in [6, 6.07) is 4.63. The molecule has 1 aliphatic carbocycles. The van der Waals surface area contributed by atoms with Crippen LogP contribution < -0.4 is 10.5 Å². The number of benzene rings is 1. The normalized spacial score (nSPS) is 23.6. The predicted octanol–water partition coefficient (Wildman–Crippen LogP) is 2.02. The zero-order valence-electron chi connectivity index (χ0n) is 11.5. The maximum absolute atomic E-state index is 13.8. The zero-order valence-corrected chi connectivity index (χ0v) is 12.3. The third kappa shape index (κ3) is 3.70. The molecular formula is C14H20FNO3S. The summed E-state index contributed by atoms with van der Waals surface area (Å²) in [6.45, 7) is 0.275. The Balaban J connectivity index is 2.06. The van der Waals surface area contributed by atoms with Crippen LogP contribution in [0.3, 0.4) is 0 Å². The first kappa shape index (κ1) is 15.3. The van der Waals surface area contributed by atoms with Gasteiger partial charge in [-0.15, -0.1) is 0 Å². The summed E-state index contributed by atoms with van der Waals surface area (Å²) >= 11 is 0. The van der Waals surface area contributed by atoms with E-state index in [1.165, 1.54) is 12.3 Å². The molecule has 6 heteroatoms. The van der Waals surface area contributed by atoms with E-state index in [2.05, 4.69) is 0 Å². The average Bonchev–Trinajstić information content (AvgIpc) is 2.40. The van der Waals surface area contributed by atoms with Crippen LogP contribution in [0, 0.1) is 5.82 Å². The third-order valence-corrected chi connectivity index (χ3v) is 5.35. The molecule has 2 rings (SSSR count). The highest BCUT2D eigenvalue weighted by atomic mass is 32.2. The average molecular weight is 301 g/mol. The summed E-state index contributed by atoms with van der Waals surface area (Å²) in [6.07, 6.45) is 3.62. The smallest absolute Gasteiger partial charge is 0.165 e. The molecule has 0 bridgehead atoms. The first-order chi connectivity index (χ1) is 9.40. The highest BCUT2D eigenvalue weighted by Gasteiger charge is 2.30. The molecule has 0 aliphatic heterocycles. The van der Waals surface area contributed by atoms with E-state index in [4.69, 9.17) is 10.5 Å². The number of rotatable bonds is 4. The van der Waals surface area contributed by atoms with Gasteiger partial charge < -0.3 is 10.5 Å². The Morgan fingerprint density at radius 2 is 2.15 bits per heavy atom. The molecule has 1 fully saturated rings. The van der Waals surface area contributed by atoms with Crippen molar-refractivity contribution in [3.8, 4) is 5.75 Å². The second-order valence-corrected chi connectivity index (χ2v) is 7.65. The fraction of sp³-hybridized carbons (Fsp3) is 0.571. The third-order valence-electron chi connectivity index (χ3n) is 3.71. The Hall–Kier alpha value is -1.14. The van der Waals surface area contributed by atoms with Crippen molar-refractivity contribution in [1.82, 2.24) is 0 Å². The lowest BCUT2D eigenvalue weighted by Gasteiger charge is -2.28. The molecule has 2 atom stereocenters. The Bertz CT molecular complexity index is 574. The summed E-state index contributed by atoms with van der Waals surface area (Å²) in [5.41, 5.74) is 6.15. The molecule has 1 aromatic carbocycles. The van der Waals surface area contributed by atoms with Crippen molar-refractivity contribution in [3.05, 3.63) is 29.6 Å². The fourth-order valence-electron chi connectivity index (χ4n) is 2.54. The van der Waals surface area contributed by atoms with E-state index in [0.29, 0.717) is 18.4 Å². The summed E-state index contributed by atoms with van der Waals surface area (Å²) in [5, 5.41) is -0.382. The van der Waals surface area contributed by atoms with E-state index in [1.807, 2.05) is 0 Å². The van der Waals surface area contributed by atoms with Crippen molar-refractivity contribution in [2.45, 2.75) is 43.6 Å². The highest BCUT2D eigenvalue weighted by Crippen LogP contribution is 2.28. The van der Waals surface area contributed by atoms with Crippen molar-refractivity contribution >= 4 is 9.84 Å². The summed E-state index contributed by atoms with van der Waals surface area (Å²) < 4.78 is 42.6. The van der Waals surface area contributed by atoms with Crippen LogP contribution in [0.25, 0.3) is 0 Å². The topological polar surface area (TPSA) is 69.4 Å². The lowest BCUT2D eigenvalue weighted by Crippen LogP contribution is -2.33. The minimum absolute atomic E-state index is 0.168. The molecule has 0 heterocycles. The number of halogens is 1. The molecule has 1 aliphatic rings. The Labute approximate surface area is 119 Å². The molecule has 2 unspecified atom stereocenters. The SMILES string of the molecule is CS(=O)(=O)C1CCCC(Oc2ccc(CN)cc2F)C1. The van der Waals surface area contributed by atoms with Crippen LogP contribution >= 0.6 is 0 Å². The standard InChI is InChI=1S/C14H20FNO3S/c1-20(17,18)12-4-2-3-11(8-12)19-14-6-5-10(9-16)7-13(14)15/h5-7,11-12H,2-4,8-9,16H2,1H3. The summed E-state index contributed by atoms with van der Waals surface area (Å²) in [4.78, 5) is 0. The molecule has 0 aromatic heterocycles. The van der Waals surface area contributed by atoms with Gasteiger partial charge in [0.15, 0.2) is 11.6 Å². The molecular weight excluding hydrogens is 281 g/mol. The molecule has 112 valence electrons. The molecule has 1 aromatic rings.